The largest absolute Gasteiger partial charge is 0.335 e. The van der Waals surface area contributed by atoms with E-state index in [2.05, 4.69) is 118 Å². The maximum Gasteiger partial charge on any atom is 0.0709 e. The van der Waals surface area contributed by atoms with Crippen molar-refractivity contribution in [3.05, 3.63) is 113 Å². The lowest BCUT2D eigenvalue weighted by Crippen LogP contribution is -2.21. The second kappa shape index (κ2) is 10.9. The topological polar surface area (TPSA) is 42.1 Å². The molecule has 0 bridgehead atoms. The highest BCUT2D eigenvalue weighted by Crippen LogP contribution is 2.40. The van der Waals surface area contributed by atoms with Crippen molar-refractivity contribution in [1.29, 1.82) is 0 Å². The molecule has 5 rings (SSSR count). The molecule has 37 heavy (non-hydrogen) atoms. The fourth-order valence-electron chi connectivity index (χ4n) is 5.76. The van der Waals surface area contributed by atoms with Crippen LogP contribution in [0, 0.1) is 0 Å². The maximum absolute atomic E-state index is 6.61. The predicted molar refractivity (Wildman–Crippen MR) is 156 cm³/mol. The van der Waals surface area contributed by atoms with Crippen molar-refractivity contribution in [3.63, 3.8) is 0 Å². The Kier molecular flexibility index (Phi) is 7.43. The average molecular weight is 490 g/mol. The minimum Gasteiger partial charge on any atom is -0.335 e. The Morgan fingerprint density at radius 1 is 0.811 bits per heavy atom. The highest BCUT2D eigenvalue weighted by atomic mass is 15.1. The van der Waals surface area contributed by atoms with Crippen LogP contribution in [0.4, 0.5) is 11.4 Å². The molecule has 1 aliphatic rings. The van der Waals surface area contributed by atoms with Crippen LogP contribution in [0.3, 0.4) is 0 Å². The second-order valence-corrected chi connectivity index (χ2v) is 10.9. The van der Waals surface area contributed by atoms with E-state index in [1.54, 1.807) is 0 Å². The monoisotopic (exact) mass is 489 g/mol. The maximum atomic E-state index is 6.61. The third-order valence-corrected chi connectivity index (χ3v) is 7.61. The van der Waals surface area contributed by atoms with E-state index in [-0.39, 0.29) is 6.04 Å². The number of hydrogen-bond acceptors (Lipinski definition) is 3. The van der Waals surface area contributed by atoms with Gasteiger partial charge in [0.2, 0.25) is 0 Å². The molecule has 1 atom stereocenters. The number of benzene rings is 3. The first-order chi connectivity index (χ1) is 17.9. The Bertz CT molecular complexity index is 1330. The molecule has 1 aliphatic carbocycles. The standard InChI is InChI=1S/C34H39N3/c1-23(2)28-17-11-18-29(24(3)4)34(28)37(27-15-6-5-7-16-27)22-26-14-10-21-32(36-26)30-19-8-12-25-13-9-20-31(35)33(25)30/h5-8,10-12,14-19,21,23-24,31H,9,13,20,22,35H2,1-4H3. The summed E-state index contributed by atoms with van der Waals surface area (Å²) < 4.78 is 0. The van der Waals surface area contributed by atoms with Crippen LogP contribution in [0.25, 0.3) is 11.3 Å². The molecular formula is C34H39N3. The summed E-state index contributed by atoms with van der Waals surface area (Å²) in [5, 5.41) is 0. The Balaban J connectivity index is 1.61. The molecule has 2 N–H and O–H groups in total. The normalized spacial score (nSPS) is 15.2. The number of fused-ring (bicyclic) bond motifs is 1. The predicted octanol–water partition coefficient (Wildman–Crippen LogP) is 8.67. The van der Waals surface area contributed by atoms with Crippen molar-refractivity contribution >= 4 is 11.4 Å². The SMILES string of the molecule is CC(C)c1cccc(C(C)C)c1N(Cc1cccc(-c2cccc3c2C(N)CCC3)n1)c1ccccc1. The molecule has 1 heterocycles. The number of aryl methyl sites for hydroxylation is 1. The first kappa shape index (κ1) is 25.2. The highest BCUT2D eigenvalue weighted by molar-refractivity contribution is 5.72. The van der Waals surface area contributed by atoms with E-state index < -0.39 is 0 Å². The molecule has 0 aliphatic heterocycles. The lowest BCUT2D eigenvalue weighted by molar-refractivity contribution is 0.571. The zero-order valence-electron chi connectivity index (χ0n) is 22.6. The summed E-state index contributed by atoms with van der Waals surface area (Å²) in [5.41, 5.74) is 17.8. The zero-order valence-corrected chi connectivity index (χ0v) is 22.6. The Morgan fingerprint density at radius 3 is 2.19 bits per heavy atom. The Hall–Kier alpha value is -3.43. The summed E-state index contributed by atoms with van der Waals surface area (Å²) in [5.74, 6) is 0.827. The van der Waals surface area contributed by atoms with Gasteiger partial charge in [0.15, 0.2) is 0 Å². The molecule has 0 fully saturated rings. The molecule has 3 nitrogen and oxygen atoms in total. The molecule has 3 heteroatoms. The minimum absolute atomic E-state index is 0.0812. The number of nitrogens with two attached hydrogens (primary N) is 1. The third kappa shape index (κ3) is 5.19. The molecule has 4 aromatic rings. The molecule has 0 radical (unpaired) electrons. The van der Waals surface area contributed by atoms with Crippen LogP contribution in [-0.4, -0.2) is 4.98 Å². The lowest BCUT2D eigenvalue weighted by Gasteiger charge is -2.32. The number of anilines is 2. The number of hydrogen-bond donors (Lipinski definition) is 1. The van der Waals surface area contributed by atoms with Crippen molar-refractivity contribution in [1.82, 2.24) is 4.98 Å². The van der Waals surface area contributed by atoms with Gasteiger partial charge < -0.3 is 10.6 Å². The van der Waals surface area contributed by atoms with Crippen LogP contribution in [-0.2, 0) is 13.0 Å². The van der Waals surface area contributed by atoms with Gasteiger partial charge in [-0.15, -0.1) is 0 Å². The van der Waals surface area contributed by atoms with Crippen LogP contribution in [0.5, 0.6) is 0 Å². The van der Waals surface area contributed by atoms with Crippen LogP contribution in [0.1, 0.15) is 86.4 Å². The van der Waals surface area contributed by atoms with Gasteiger partial charge in [0.25, 0.3) is 0 Å². The van der Waals surface area contributed by atoms with E-state index in [1.807, 2.05) is 0 Å². The zero-order chi connectivity index (χ0) is 25.9. The van der Waals surface area contributed by atoms with Gasteiger partial charge in [0.1, 0.15) is 0 Å². The van der Waals surface area contributed by atoms with Gasteiger partial charge in [0.05, 0.1) is 17.9 Å². The van der Waals surface area contributed by atoms with Crippen LogP contribution in [0.15, 0.2) is 84.9 Å². The molecule has 0 saturated carbocycles. The third-order valence-electron chi connectivity index (χ3n) is 7.61. The van der Waals surface area contributed by atoms with Crippen molar-refractivity contribution in [2.75, 3.05) is 4.90 Å². The number of para-hydroxylation sites is 2. The Labute approximate surface area is 222 Å². The van der Waals surface area contributed by atoms with E-state index in [1.165, 1.54) is 39.2 Å². The molecule has 0 spiro atoms. The molecule has 1 aromatic heterocycles. The smallest absolute Gasteiger partial charge is 0.0709 e. The number of pyridine rings is 1. The molecule has 0 saturated heterocycles. The Morgan fingerprint density at radius 2 is 1.49 bits per heavy atom. The van der Waals surface area contributed by atoms with E-state index in [0.29, 0.717) is 18.4 Å². The van der Waals surface area contributed by atoms with Crippen LogP contribution in [0.2, 0.25) is 0 Å². The molecular weight excluding hydrogens is 450 g/mol. The summed E-state index contributed by atoms with van der Waals surface area (Å²) in [6, 6.07) is 30.6. The lowest BCUT2D eigenvalue weighted by atomic mass is 9.84. The van der Waals surface area contributed by atoms with Gasteiger partial charge in [-0.3, -0.25) is 4.98 Å². The fraction of sp³-hybridized carbons (Fsp3) is 0.324. The molecule has 3 aromatic carbocycles. The first-order valence-corrected chi connectivity index (χ1v) is 13.7. The van der Waals surface area contributed by atoms with Crippen molar-refractivity contribution < 1.29 is 0 Å². The van der Waals surface area contributed by atoms with Gasteiger partial charge in [-0.05, 0) is 77.6 Å². The van der Waals surface area contributed by atoms with Crippen LogP contribution < -0.4 is 10.6 Å². The fourth-order valence-corrected chi connectivity index (χ4v) is 5.76. The molecule has 190 valence electrons. The molecule has 1 unspecified atom stereocenters. The van der Waals surface area contributed by atoms with Gasteiger partial charge in [-0.2, -0.15) is 0 Å². The highest BCUT2D eigenvalue weighted by Gasteiger charge is 2.23. The number of rotatable bonds is 7. The van der Waals surface area contributed by atoms with Crippen LogP contribution >= 0.6 is 0 Å². The van der Waals surface area contributed by atoms with Crippen molar-refractivity contribution in [2.45, 2.75) is 71.4 Å². The average Bonchev–Trinajstić information content (AvgIpc) is 2.92. The van der Waals surface area contributed by atoms with E-state index in [4.69, 9.17) is 10.7 Å². The van der Waals surface area contributed by atoms with E-state index in [0.717, 1.165) is 30.7 Å². The number of nitrogens with zero attached hydrogens (tertiary/aromatic N) is 2. The quantitative estimate of drug-likeness (QED) is 0.282. The summed E-state index contributed by atoms with van der Waals surface area (Å²) >= 11 is 0. The van der Waals surface area contributed by atoms with Gasteiger partial charge in [-0.1, -0.05) is 88.4 Å². The van der Waals surface area contributed by atoms with Crippen molar-refractivity contribution in [3.8, 4) is 11.3 Å². The van der Waals surface area contributed by atoms with E-state index >= 15 is 0 Å². The number of aromatic nitrogens is 1. The van der Waals surface area contributed by atoms with Crippen molar-refractivity contribution in [2.24, 2.45) is 5.73 Å². The summed E-state index contributed by atoms with van der Waals surface area (Å²) in [6.07, 6.45) is 3.29. The molecule has 0 amide bonds. The second-order valence-electron chi connectivity index (χ2n) is 10.9. The first-order valence-electron chi connectivity index (χ1n) is 13.7. The summed E-state index contributed by atoms with van der Waals surface area (Å²) in [7, 11) is 0. The minimum atomic E-state index is 0.0812. The van der Waals surface area contributed by atoms with E-state index in [9.17, 15) is 0 Å². The van der Waals surface area contributed by atoms with Gasteiger partial charge in [0, 0.05) is 23.0 Å². The summed E-state index contributed by atoms with van der Waals surface area (Å²) in [6.45, 7) is 9.83. The summed E-state index contributed by atoms with van der Waals surface area (Å²) in [4.78, 5) is 7.69. The van der Waals surface area contributed by atoms with Gasteiger partial charge >= 0.3 is 0 Å². The van der Waals surface area contributed by atoms with Gasteiger partial charge in [-0.25, -0.2) is 0 Å².